The summed E-state index contributed by atoms with van der Waals surface area (Å²) in [6.07, 6.45) is -3.92. The third-order valence-corrected chi connectivity index (χ3v) is 8.86. The van der Waals surface area contributed by atoms with Crippen LogP contribution in [-0.2, 0) is 11.6 Å². The van der Waals surface area contributed by atoms with Crippen molar-refractivity contribution in [2.24, 2.45) is 5.92 Å². The van der Waals surface area contributed by atoms with Crippen LogP contribution in [0.25, 0.3) is 16.5 Å². The number of hydrogen-bond acceptors (Lipinski definition) is 5. The molecule has 220 valence electrons. The summed E-state index contributed by atoms with van der Waals surface area (Å²) < 4.78 is 43.2. The first-order chi connectivity index (χ1) is 20.0. The van der Waals surface area contributed by atoms with Crippen LogP contribution in [0.2, 0.25) is 0 Å². The van der Waals surface area contributed by atoms with Crippen LogP contribution in [-0.4, -0.2) is 43.9 Å². The van der Waals surface area contributed by atoms with E-state index in [0.29, 0.717) is 0 Å². The summed E-state index contributed by atoms with van der Waals surface area (Å²) >= 11 is 0. The van der Waals surface area contributed by atoms with Crippen molar-refractivity contribution in [2.75, 3.05) is 11.4 Å². The molecule has 0 saturated heterocycles. The smallest absolute Gasteiger partial charge is 0.435 e. The fourth-order valence-corrected chi connectivity index (χ4v) is 6.74. The monoisotopic (exact) mass is 577 g/mol. The van der Waals surface area contributed by atoms with Crippen molar-refractivity contribution in [3.63, 3.8) is 0 Å². The molecule has 2 unspecified atom stereocenters. The minimum atomic E-state index is -4.90. The van der Waals surface area contributed by atoms with Crippen LogP contribution in [0.1, 0.15) is 56.4 Å². The summed E-state index contributed by atoms with van der Waals surface area (Å²) in [5, 5.41) is 39.5. The third-order valence-electron chi connectivity index (χ3n) is 8.86. The van der Waals surface area contributed by atoms with Gasteiger partial charge in [-0.2, -0.15) is 18.3 Å². The second kappa shape index (κ2) is 10.2. The summed E-state index contributed by atoms with van der Waals surface area (Å²) in [6.45, 7) is 7.03. The number of nitrogens with zero attached hydrogens (tertiary/aromatic N) is 3. The average molecular weight is 578 g/mol. The van der Waals surface area contributed by atoms with E-state index in [1.807, 2.05) is 18.2 Å². The molecular formula is C33H34F3N3O3. The van der Waals surface area contributed by atoms with Gasteiger partial charge < -0.3 is 20.2 Å². The molecule has 2 aliphatic rings. The molecule has 3 N–H and O–H groups in total. The van der Waals surface area contributed by atoms with Gasteiger partial charge in [0.2, 0.25) is 5.88 Å². The van der Waals surface area contributed by atoms with E-state index in [1.54, 1.807) is 18.2 Å². The summed E-state index contributed by atoms with van der Waals surface area (Å²) in [7, 11) is 0. The van der Waals surface area contributed by atoms with Crippen LogP contribution in [0.5, 0.6) is 5.88 Å². The molecule has 1 aliphatic carbocycles. The van der Waals surface area contributed by atoms with Crippen LogP contribution in [0.15, 0.2) is 78.5 Å². The molecule has 2 atom stereocenters. The van der Waals surface area contributed by atoms with Gasteiger partial charge in [0, 0.05) is 35.2 Å². The molecule has 6 rings (SSSR count). The Bertz CT molecular complexity index is 1650. The Labute approximate surface area is 242 Å². The van der Waals surface area contributed by atoms with Crippen molar-refractivity contribution in [2.45, 2.75) is 63.3 Å². The zero-order valence-electron chi connectivity index (χ0n) is 23.7. The lowest BCUT2D eigenvalue weighted by molar-refractivity contribution is -0.145. The number of hydrogen-bond donors (Lipinski definition) is 3. The SMILES string of the molecule is CCCCN1C(=CC2C(O)C(c3c(C(F)(F)F)nn(-c4ccccc4)c3O)C2O)C(C)(C)c2c1ccc1ccccc21. The second-order valence-electron chi connectivity index (χ2n) is 11.8. The summed E-state index contributed by atoms with van der Waals surface area (Å²) in [5.41, 5.74) is 0.920. The molecule has 9 heteroatoms. The second-order valence-corrected chi connectivity index (χ2v) is 11.8. The van der Waals surface area contributed by atoms with Gasteiger partial charge in [-0.1, -0.05) is 81.8 Å². The van der Waals surface area contributed by atoms with E-state index in [-0.39, 0.29) is 5.69 Å². The Balaban J connectivity index is 1.41. The Kier molecular flexibility index (Phi) is 6.85. The Morgan fingerprint density at radius 1 is 0.952 bits per heavy atom. The Hall–Kier alpha value is -3.82. The quantitative estimate of drug-likeness (QED) is 0.239. The van der Waals surface area contributed by atoms with Gasteiger partial charge in [-0.3, -0.25) is 0 Å². The van der Waals surface area contributed by atoms with Crippen molar-refractivity contribution < 1.29 is 28.5 Å². The molecule has 3 aromatic carbocycles. The average Bonchev–Trinajstić information content (AvgIpc) is 3.41. The van der Waals surface area contributed by atoms with Crippen LogP contribution < -0.4 is 4.90 Å². The predicted molar refractivity (Wildman–Crippen MR) is 156 cm³/mol. The molecule has 1 aromatic heterocycles. The predicted octanol–water partition coefficient (Wildman–Crippen LogP) is 6.67. The van der Waals surface area contributed by atoms with Gasteiger partial charge in [0.25, 0.3) is 0 Å². The maximum Gasteiger partial charge on any atom is 0.435 e. The van der Waals surface area contributed by atoms with E-state index in [1.165, 1.54) is 12.1 Å². The van der Waals surface area contributed by atoms with Gasteiger partial charge in [0.15, 0.2) is 5.69 Å². The minimum absolute atomic E-state index is 0.234. The molecule has 0 radical (unpaired) electrons. The largest absolute Gasteiger partial charge is 0.493 e. The van der Waals surface area contributed by atoms with Crippen molar-refractivity contribution in [1.82, 2.24) is 9.78 Å². The number of para-hydroxylation sites is 1. The van der Waals surface area contributed by atoms with Crippen LogP contribution >= 0.6 is 0 Å². The normalized spacial score (nSPS) is 24.3. The van der Waals surface area contributed by atoms with Crippen molar-refractivity contribution in [3.05, 3.63) is 95.3 Å². The molecule has 0 spiro atoms. The van der Waals surface area contributed by atoms with E-state index in [9.17, 15) is 28.5 Å². The number of unbranched alkanes of at least 4 members (excludes halogenated alkanes) is 1. The van der Waals surface area contributed by atoms with Crippen molar-refractivity contribution in [1.29, 1.82) is 0 Å². The number of aliphatic hydroxyl groups is 2. The number of allylic oxidation sites excluding steroid dienone is 1. The molecule has 1 saturated carbocycles. The zero-order valence-corrected chi connectivity index (χ0v) is 23.7. The highest BCUT2D eigenvalue weighted by Crippen LogP contribution is 2.55. The van der Waals surface area contributed by atoms with E-state index < -0.39 is 52.8 Å². The molecule has 1 aliphatic heterocycles. The fourth-order valence-electron chi connectivity index (χ4n) is 6.74. The summed E-state index contributed by atoms with van der Waals surface area (Å²) in [6, 6.07) is 20.3. The first-order valence-electron chi connectivity index (χ1n) is 14.3. The number of benzene rings is 3. The number of aromatic nitrogens is 2. The first-order valence-corrected chi connectivity index (χ1v) is 14.3. The lowest BCUT2D eigenvalue weighted by Gasteiger charge is -2.46. The topological polar surface area (TPSA) is 81.8 Å². The number of aliphatic hydroxyl groups excluding tert-OH is 2. The van der Waals surface area contributed by atoms with Gasteiger partial charge in [0.05, 0.1) is 23.5 Å². The highest BCUT2D eigenvalue weighted by atomic mass is 19.4. The molecular weight excluding hydrogens is 543 g/mol. The van der Waals surface area contributed by atoms with E-state index >= 15 is 0 Å². The van der Waals surface area contributed by atoms with Gasteiger partial charge in [-0.25, -0.2) is 4.68 Å². The minimum Gasteiger partial charge on any atom is -0.493 e. The van der Waals surface area contributed by atoms with Gasteiger partial charge in [0.1, 0.15) is 0 Å². The molecule has 42 heavy (non-hydrogen) atoms. The third kappa shape index (κ3) is 4.29. The van der Waals surface area contributed by atoms with E-state index in [4.69, 9.17) is 0 Å². The van der Waals surface area contributed by atoms with Crippen LogP contribution in [0.3, 0.4) is 0 Å². The Morgan fingerprint density at radius 2 is 1.62 bits per heavy atom. The van der Waals surface area contributed by atoms with E-state index in [2.05, 4.69) is 55.0 Å². The molecule has 1 fully saturated rings. The lowest BCUT2D eigenvalue weighted by atomic mass is 9.64. The first kappa shape index (κ1) is 28.3. The fraction of sp³-hybridized carbons (Fsp3) is 0.364. The zero-order chi connectivity index (χ0) is 30.0. The number of rotatable bonds is 6. The maximum absolute atomic E-state index is 14.1. The van der Waals surface area contributed by atoms with Crippen LogP contribution in [0, 0.1) is 5.92 Å². The van der Waals surface area contributed by atoms with Crippen molar-refractivity contribution >= 4 is 16.5 Å². The number of halogens is 3. The van der Waals surface area contributed by atoms with Crippen LogP contribution in [0.4, 0.5) is 18.9 Å². The van der Waals surface area contributed by atoms with Crippen molar-refractivity contribution in [3.8, 4) is 11.6 Å². The summed E-state index contributed by atoms with van der Waals surface area (Å²) in [5.74, 6) is -2.94. The number of aromatic hydroxyl groups is 1. The molecule has 6 nitrogen and oxygen atoms in total. The standard InChI is InChI=1S/C33H34F3N3O3/c1-4-5-17-38-23-16-15-19-11-9-10-14-21(19)27(23)32(2,3)24(38)18-22-28(40)25(29(22)41)26-30(33(34,35)36)37-39(31(26)42)20-12-7-6-8-13-20/h6-16,18,22,25,28-29,40-42H,4-5,17H2,1-3H3. The summed E-state index contributed by atoms with van der Waals surface area (Å²) in [4.78, 5) is 2.21. The van der Waals surface area contributed by atoms with Gasteiger partial charge in [-0.05, 0) is 41.0 Å². The lowest BCUT2D eigenvalue weighted by Crippen LogP contribution is -2.53. The Morgan fingerprint density at radius 3 is 2.29 bits per heavy atom. The highest BCUT2D eigenvalue weighted by Gasteiger charge is 2.55. The van der Waals surface area contributed by atoms with Gasteiger partial charge >= 0.3 is 6.18 Å². The molecule has 0 bridgehead atoms. The van der Waals surface area contributed by atoms with Gasteiger partial charge in [-0.15, -0.1) is 0 Å². The van der Waals surface area contributed by atoms with E-state index in [0.717, 1.165) is 51.8 Å². The molecule has 2 heterocycles. The number of anilines is 1. The highest BCUT2D eigenvalue weighted by molar-refractivity contribution is 5.94. The molecule has 0 amide bonds. The number of alkyl halides is 3. The number of fused-ring (bicyclic) bond motifs is 3. The maximum atomic E-state index is 14.1. The molecule has 4 aromatic rings.